The van der Waals surface area contributed by atoms with Crippen LogP contribution in [0.2, 0.25) is 0 Å². The van der Waals surface area contributed by atoms with E-state index in [1.807, 2.05) is 73.8 Å². The molecular weight excluding hydrogens is 500 g/mol. The van der Waals surface area contributed by atoms with Gasteiger partial charge in [-0.15, -0.1) is 11.8 Å². The van der Waals surface area contributed by atoms with E-state index in [0.717, 1.165) is 40.6 Å². The number of carbonyl (C=O) groups is 2. The molecule has 0 aromatic heterocycles. The average Bonchev–Trinajstić information content (AvgIpc) is 3.05. The summed E-state index contributed by atoms with van der Waals surface area (Å²) in [4.78, 5) is 31.0. The molecule has 3 aromatic rings. The van der Waals surface area contributed by atoms with Gasteiger partial charge in [-0.25, -0.2) is 0 Å². The van der Waals surface area contributed by atoms with E-state index in [1.54, 1.807) is 30.9 Å². The number of fused-ring (bicyclic) bond motifs is 1. The third-order valence-electron chi connectivity index (χ3n) is 6.55. The molecule has 1 aliphatic rings. The molecule has 0 spiro atoms. The van der Waals surface area contributed by atoms with E-state index in [2.05, 4.69) is 11.0 Å². The number of rotatable bonds is 10. The van der Waals surface area contributed by atoms with E-state index in [0.29, 0.717) is 13.1 Å². The molecule has 2 atom stereocenters. The number of likely N-dealkylation sites (N-methyl/N-ethyl adjacent to an activating group) is 1. The fraction of sp³-hybridized carbons (Fsp3) is 0.333. The summed E-state index contributed by atoms with van der Waals surface area (Å²) in [5.41, 5.74) is 2.92. The van der Waals surface area contributed by atoms with Crippen LogP contribution in [0.4, 0.5) is 5.69 Å². The minimum Gasteiger partial charge on any atom is -0.497 e. The molecule has 8 heteroatoms. The highest BCUT2D eigenvalue weighted by molar-refractivity contribution is 7.99. The minimum atomic E-state index is -0.958. The van der Waals surface area contributed by atoms with Crippen molar-refractivity contribution in [3.05, 3.63) is 83.9 Å². The van der Waals surface area contributed by atoms with Gasteiger partial charge in [0.25, 0.3) is 5.91 Å². The third kappa shape index (κ3) is 6.68. The van der Waals surface area contributed by atoms with Crippen LogP contribution in [0.25, 0.3) is 0 Å². The Bertz CT molecular complexity index is 1250. The maximum Gasteiger partial charge on any atom is 0.303 e. The monoisotopic (exact) mass is 534 g/mol. The molecule has 3 aromatic carbocycles. The van der Waals surface area contributed by atoms with Gasteiger partial charge in [-0.3, -0.25) is 9.59 Å². The molecule has 0 radical (unpaired) electrons. The highest BCUT2D eigenvalue weighted by Gasteiger charge is 2.40. The van der Waals surface area contributed by atoms with E-state index in [1.165, 1.54) is 12.5 Å². The van der Waals surface area contributed by atoms with Crippen molar-refractivity contribution in [3.8, 4) is 11.5 Å². The molecule has 200 valence electrons. The second-order valence-electron chi connectivity index (χ2n) is 9.20. The molecule has 1 heterocycles. The van der Waals surface area contributed by atoms with Crippen molar-refractivity contribution in [2.45, 2.75) is 29.6 Å². The van der Waals surface area contributed by atoms with Crippen LogP contribution in [0.1, 0.15) is 23.3 Å². The van der Waals surface area contributed by atoms with Crippen LogP contribution in [0.3, 0.4) is 0 Å². The Balaban J connectivity index is 1.54. The van der Waals surface area contributed by atoms with Crippen molar-refractivity contribution < 1.29 is 23.8 Å². The number of ether oxygens (including phenoxy) is 3. The van der Waals surface area contributed by atoms with Gasteiger partial charge >= 0.3 is 5.97 Å². The number of amides is 1. The van der Waals surface area contributed by atoms with Gasteiger partial charge in [-0.2, -0.15) is 0 Å². The number of nitrogens with zero attached hydrogens (tertiary/aromatic N) is 2. The highest BCUT2D eigenvalue weighted by Crippen LogP contribution is 2.46. The predicted octanol–water partition coefficient (Wildman–Crippen LogP) is 4.99. The van der Waals surface area contributed by atoms with Gasteiger partial charge in [0, 0.05) is 31.5 Å². The first-order valence-corrected chi connectivity index (χ1v) is 13.5. The van der Waals surface area contributed by atoms with Gasteiger partial charge in [-0.1, -0.05) is 36.4 Å². The van der Waals surface area contributed by atoms with Crippen molar-refractivity contribution in [1.82, 2.24) is 4.90 Å². The quantitative estimate of drug-likeness (QED) is 0.340. The Hall–Kier alpha value is -3.49. The van der Waals surface area contributed by atoms with Crippen molar-refractivity contribution in [2.75, 3.05) is 45.8 Å². The average molecular weight is 535 g/mol. The number of anilines is 1. The fourth-order valence-electron chi connectivity index (χ4n) is 4.47. The Morgan fingerprint density at radius 3 is 2.39 bits per heavy atom. The van der Waals surface area contributed by atoms with Crippen molar-refractivity contribution in [1.29, 1.82) is 0 Å². The van der Waals surface area contributed by atoms with E-state index in [4.69, 9.17) is 14.2 Å². The molecule has 0 unspecified atom stereocenters. The summed E-state index contributed by atoms with van der Waals surface area (Å²) in [5, 5.41) is -0.394. The van der Waals surface area contributed by atoms with E-state index in [-0.39, 0.29) is 5.91 Å². The molecule has 7 nitrogen and oxygen atoms in total. The maximum atomic E-state index is 14.0. The summed E-state index contributed by atoms with van der Waals surface area (Å²) < 4.78 is 16.3. The lowest BCUT2D eigenvalue weighted by atomic mass is 10.1. The zero-order valence-electron chi connectivity index (χ0n) is 22.3. The van der Waals surface area contributed by atoms with Crippen LogP contribution in [-0.4, -0.2) is 63.8 Å². The Morgan fingerprint density at radius 2 is 1.68 bits per heavy atom. The summed E-state index contributed by atoms with van der Waals surface area (Å²) in [5.74, 6) is 0.863. The summed E-state index contributed by atoms with van der Waals surface area (Å²) in [6.07, 6.45) is -0.0932. The number of carbonyl (C=O) groups excluding carboxylic acids is 2. The standard InChI is InChI=1S/C30H34N2O5S/c1-21(33)37-28-29(23-12-14-24(35-3)15-13-23)38-27-11-6-5-10-26(27)32(30(28)34)19-18-31(2)17-16-22-8-7-9-25(20-22)36-4/h5-15,20,28-29H,16-19H2,1-4H3/t28-,29+/m1/s1. The largest absolute Gasteiger partial charge is 0.497 e. The van der Waals surface area contributed by atoms with Crippen LogP contribution in [0.5, 0.6) is 11.5 Å². The Labute approximate surface area is 228 Å². The third-order valence-corrected chi connectivity index (χ3v) is 7.93. The molecule has 0 aliphatic carbocycles. The lowest BCUT2D eigenvalue weighted by Crippen LogP contribution is -2.45. The molecule has 1 amide bonds. The summed E-state index contributed by atoms with van der Waals surface area (Å²) in [7, 11) is 5.33. The summed E-state index contributed by atoms with van der Waals surface area (Å²) >= 11 is 1.54. The maximum absolute atomic E-state index is 14.0. The number of benzene rings is 3. The van der Waals surface area contributed by atoms with Gasteiger partial charge in [0.05, 0.1) is 25.2 Å². The highest BCUT2D eigenvalue weighted by atomic mass is 32.2. The summed E-state index contributed by atoms with van der Waals surface area (Å²) in [6.45, 7) is 3.30. The molecule has 0 bridgehead atoms. The van der Waals surface area contributed by atoms with Gasteiger partial charge in [0.15, 0.2) is 6.10 Å². The normalized spacial score (nSPS) is 17.1. The fourth-order valence-corrected chi connectivity index (χ4v) is 5.79. The van der Waals surface area contributed by atoms with Crippen molar-refractivity contribution in [3.63, 3.8) is 0 Å². The van der Waals surface area contributed by atoms with Crippen LogP contribution in [-0.2, 0) is 20.7 Å². The Morgan fingerprint density at radius 1 is 0.947 bits per heavy atom. The van der Waals surface area contributed by atoms with Crippen LogP contribution in [0.15, 0.2) is 77.7 Å². The first kappa shape index (κ1) is 27.5. The smallest absolute Gasteiger partial charge is 0.303 e. The van der Waals surface area contributed by atoms with Crippen molar-refractivity contribution >= 4 is 29.3 Å². The van der Waals surface area contributed by atoms with E-state index < -0.39 is 17.3 Å². The van der Waals surface area contributed by atoms with Gasteiger partial charge in [0.1, 0.15) is 11.5 Å². The number of methoxy groups -OCH3 is 2. The molecule has 0 saturated carbocycles. The number of thioether (sulfide) groups is 1. The van der Waals surface area contributed by atoms with Gasteiger partial charge < -0.3 is 24.0 Å². The Kier molecular flexibility index (Phi) is 9.31. The number of hydrogen-bond donors (Lipinski definition) is 0. The van der Waals surface area contributed by atoms with Crippen LogP contribution < -0.4 is 14.4 Å². The molecule has 1 aliphatic heterocycles. The number of hydrogen-bond acceptors (Lipinski definition) is 7. The zero-order chi connectivity index (χ0) is 27.1. The number of esters is 1. The molecule has 4 rings (SSSR count). The molecular formula is C30H34N2O5S. The SMILES string of the molecule is COc1ccc([C@@H]2Sc3ccccc3N(CCN(C)CCc3cccc(OC)c3)C(=O)[C@@H]2OC(C)=O)cc1. The topological polar surface area (TPSA) is 68.3 Å². The zero-order valence-corrected chi connectivity index (χ0v) is 23.1. The summed E-state index contributed by atoms with van der Waals surface area (Å²) in [6, 6.07) is 23.5. The van der Waals surface area contributed by atoms with Crippen molar-refractivity contribution in [2.24, 2.45) is 0 Å². The lowest BCUT2D eigenvalue weighted by Gasteiger charge is -2.29. The lowest BCUT2D eigenvalue weighted by molar-refractivity contribution is -0.152. The molecule has 0 fully saturated rings. The van der Waals surface area contributed by atoms with Crippen LogP contribution in [0, 0.1) is 0 Å². The van der Waals surface area contributed by atoms with Gasteiger partial charge in [-0.05, 0) is 61.0 Å². The van der Waals surface area contributed by atoms with E-state index in [9.17, 15) is 9.59 Å². The predicted molar refractivity (Wildman–Crippen MR) is 150 cm³/mol. The number of para-hydroxylation sites is 1. The van der Waals surface area contributed by atoms with E-state index >= 15 is 0 Å². The second kappa shape index (κ2) is 12.8. The van der Waals surface area contributed by atoms with Crippen LogP contribution >= 0.6 is 11.8 Å². The second-order valence-corrected chi connectivity index (χ2v) is 10.4. The molecule has 0 saturated heterocycles. The first-order valence-electron chi connectivity index (χ1n) is 12.6. The van der Waals surface area contributed by atoms with Gasteiger partial charge in [0.2, 0.25) is 0 Å². The molecule has 38 heavy (non-hydrogen) atoms. The molecule has 0 N–H and O–H groups in total. The first-order chi connectivity index (χ1) is 18.4. The minimum absolute atomic E-state index is 0.223.